The van der Waals surface area contributed by atoms with Crippen molar-refractivity contribution in [1.82, 2.24) is 20.0 Å². The van der Waals surface area contributed by atoms with Crippen LogP contribution in [0.5, 0.6) is 5.75 Å². The van der Waals surface area contributed by atoms with Gasteiger partial charge in [-0.05, 0) is 65.7 Å². The number of ether oxygens (including phenoxy) is 4. The van der Waals surface area contributed by atoms with Gasteiger partial charge in [0.1, 0.15) is 35.4 Å². The molecule has 6 atom stereocenters. The van der Waals surface area contributed by atoms with Gasteiger partial charge < -0.3 is 34.5 Å². The average molecular weight is 732 g/mol. The first-order chi connectivity index (χ1) is 23.1. The number of nitrogens with zero attached hydrogens (tertiary/aromatic N) is 2. The van der Waals surface area contributed by atoms with Crippen LogP contribution < -0.4 is 26.4 Å². The number of benzene rings is 1. The number of alkyl carbamates (subject to hydrolysis) is 1. The second-order valence-corrected chi connectivity index (χ2v) is 14.7. The van der Waals surface area contributed by atoms with Crippen molar-refractivity contribution >= 4 is 31.6 Å². The van der Waals surface area contributed by atoms with E-state index in [2.05, 4.69) is 15.4 Å². The molecule has 0 saturated carbocycles. The maximum atomic E-state index is 16.2. The summed E-state index contributed by atoms with van der Waals surface area (Å²) in [6.07, 6.45) is -7.42. The van der Waals surface area contributed by atoms with Crippen molar-refractivity contribution < 1.29 is 55.7 Å². The molecule has 1 amide bonds. The molecule has 1 aromatic carbocycles. The standard InChI is InChI=1S/C31H44F2N5O11P/c1-17(2)23(36-29(42)48-30(6,7)8)26(40)47-24-21(46-27(31(24,32)33)38-15-14-22(34)35-28(38)41)16-44-50(43,49-20-12-10-9-11-13-20)37-19(5)25(39)45-18(3)4/h9-15,17-19,21,23-24,27H,16H2,1-8H3,(H,36,42)(H,37,43)(H2,34,35,41)/t19-,21+,23-,24+,27?,50?/m0/s1. The number of rotatable bonds is 14. The normalized spacial score (nSPS) is 21.2. The van der Waals surface area contributed by atoms with Gasteiger partial charge in [-0.2, -0.15) is 18.9 Å². The van der Waals surface area contributed by atoms with E-state index in [1.165, 1.54) is 32.9 Å². The highest BCUT2D eigenvalue weighted by molar-refractivity contribution is 7.52. The van der Waals surface area contributed by atoms with Crippen LogP contribution in [-0.4, -0.2) is 76.1 Å². The number of nitrogens with two attached hydrogens (primary N) is 1. The van der Waals surface area contributed by atoms with E-state index < -0.39 is 92.1 Å². The number of carbonyl (C=O) groups is 3. The zero-order chi connectivity index (χ0) is 37.6. The molecule has 1 aliphatic heterocycles. The molecule has 0 radical (unpaired) electrons. The van der Waals surface area contributed by atoms with Crippen LogP contribution in [0.3, 0.4) is 0 Å². The summed E-state index contributed by atoms with van der Waals surface area (Å²) in [6, 6.07) is 5.97. The first kappa shape index (κ1) is 40.3. The molecule has 50 heavy (non-hydrogen) atoms. The van der Waals surface area contributed by atoms with E-state index in [1.807, 2.05) is 0 Å². The number of aromatic nitrogens is 2. The van der Waals surface area contributed by atoms with Crippen LogP contribution in [0.1, 0.15) is 61.6 Å². The fraction of sp³-hybridized carbons (Fsp3) is 0.581. The van der Waals surface area contributed by atoms with Gasteiger partial charge in [0.25, 0.3) is 0 Å². The molecule has 2 aromatic rings. The second-order valence-electron chi connectivity index (χ2n) is 13.0. The van der Waals surface area contributed by atoms with Crippen molar-refractivity contribution in [3.05, 3.63) is 53.1 Å². The number of alkyl halides is 2. The smallest absolute Gasteiger partial charge is 0.459 e. The molecule has 1 fully saturated rings. The van der Waals surface area contributed by atoms with Gasteiger partial charge in [0.05, 0.1) is 12.7 Å². The average Bonchev–Trinajstić information content (AvgIpc) is 3.22. The van der Waals surface area contributed by atoms with E-state index in [0.29, 0.717) is 4.57 Å². The summed E-state index contributed by atoms with van der Waals surface area (Å²) in [7, 11) is -4.62. The third kappa shape index (κ3) is 10.9. The molecular formula is C31H44F2N5O11P. The van der Waals surface area contributed by atoms with Crippen molar-refractivity contribution in [1.29, 1.82) is 0 Å². The summed E-state index contributed by atoms with van der Waals surface area (Å²) in [5.74, 6) is -7.15. The van der Waals surface area contributed by atoms with Crippen LogP contribution in [0.2, 0.25) is 0 Å². The molecule has 0 spiro atoms. The number of amides is 1. The van der Waals surface area contributed by atoms with Crippen LogP contribution >= 0.6 is 7.75 Å². The lowest BCUT2D eigenvalue weighted by Crippen LogP contribution is -2.51. The Kier molecular flexibility index (Phi) is 13.1. The number of nitrogen functional groups attached to an aromatic ring is 1. The van der Waals surface area contributed by atoms with Gasteiger partial charge in [0.15, 0.2) is 6.10 Å². The number of anilines is 1. The molecule has 278 valence electrons. The lowest BCUT2D eigenvalue weighted by atomic mass is 10.0. The predicted octanol–water partition coefficient (Wildman–Crippen LogP) is 3.95. The molecule has 1 saturated heterocycles. The Hall–Kier alpha value is -4.12. The first-order valence-corrected chi connectivity index (χ1v) is 17.2. The molecule has 4 N–H and O–H groups in total. The van der Waals surface area contributed by atoms with E-state index >= 15 is 8.78 Å². The molecule has 3 rings (SSSR count). The van der Waals surface area contributed by atoms with Gasteiger partial charge in [0, 0.05) is 6.20 Å². The van der Waals surface area contributed by atoms with E-state index in [4.69, 9.17) is 33.7 Å². The zero-order valence-electron chi connectivity index (χ0n) is 29.0. The lowest BCUT2D eigenvalue weighted by Gasteiger charge is -2.29. The number of carbonyl (C=O) groups excluding carboxylic acids is 3. The highest BCUT2D eigenvalue weighted by atomic mass is 31.2. The third-order valence-electron chi connectivity index (χ3n) is 6.72. The fourth-order valence-corrected chi connectivity index (χ4v) is 5.99. The first-order valence-electron chi connectivity index (χ1n) is 15.7. The Morgan fingerprint density at radius 3 is 2.28 bits per heavy atom. The van der Waals surface area contributed by atoms with Crippen molar-refractivity contribution in [3.63, 3.8) is 0 Å². The van der Waals surface area contributed by atoms with Crippen LogP contribution in [0.15, 0.2) is 47.4 Å². The number of para-hydroxylation sites is 1. The molecule has 2 heterocycles. The van der Waals surface area contributed by atoms with Crippen molar-refractivity contribution in [2.75, 3.05) is 12.3 Å². The SMILES string of the molecule is CC(C)OC(=O)[C@H](C)NP(=O)(OC[C@H]1OC(n2ccc(N)nc2=O)C(F)(F)[C@@H]1OC(=O)[C@@H](NC(=O)OC(C)(C)C)C(C)C)Oc1ccccc1. The minimum Gasteiger partial charge on any atom is -0.462 e. The zero-order valence-corrected chi connectivity index (χ0v) is 29.9. The fourth-order valence-electron chi connectivity index (χ4n) is 4.49. The van der Waals surface area contributed by atoms with Crippen molar-refractivity contribution in [3.8, 4) is 5.75 Å². The molecular weight excluding hydrogens is 687 g/mol. The number of halogens is 2. The van der Waals surface area contributed by atoms with Gasteiger partial charge in [-0.1, -0.05) is 32.0 Å². The Bertz CT molecular complexity index is 1600. The van der Waals surface area contributed by atoms with E-state index in [0.717, 1.165) is 12.3 Å². The van der Waals surface area contributed by atoms with Crippen LogP contribution in [-0.2, 0) is 37.6 Å². The number of hydrogen-bond acceptors (Lipinski definition) is 13. The summed E-state index contributed by atoms with van der Waals surface area (Å²) in [5, 5.41) is 4.75. The second kappa shape index (κ2) is 16.3. The van der Waals surface area contributed by atoms with E-state index in [9.17, 15) is 23.7 Å². The number of hydrogen-bond donors (Lipinski definition) is 3. The topological polar surface area (TPSA) is 209 Å². The maximum Gasteiger partial charge on any atom is 0.459 e. The lowest BCUT2D eigenvalue weighted by molar-refractivity contribution is -0.179. The Morgan fingerprint density at radius 1 is 1.08 bits per heavy atom. The van der Waals surface area contributed by atoms with Crippen LogP contribution in [0.25, 0.3) is 0 Å². The van der Waals surface area contributed by atoms with Crippen LogP contribution in [0.4, 0.5) is 19.4 Å². The van der Waals surface area contributed by atoms with Crippen LogP contribution in [0, 0.1) is 5.92 Å². The number of esters is 2. The summed E-state index contributed by atoms with van der Waals surface area (Å²) in [5.41, 5.74) is 3.39. The summed E-state index contributed by atoms with van der Waals surface area (Å²) < 4.78 is 79.3. The summed E-state index contributed by atoms with van der Waals surface area (Å²) in [4.78, 5) is 54.5. The third-order valence-corrected chi connectivity index (χ3v) is 8.37. The van der Waals surface area contributed by atoms with Gasteiger partial charge >= 0.3 is 37.4 Å². The molecule has 0 aliphatic carbocycles. The quantitative estimate of drug-likeness (QED) is 0.143. The highest BCUT2D eigenvalue weighted by Gasteiger charge is 2.63. The molecule has 1 aliphatic rings. The molecule has 2 unspecified atom stereocenters. The van der Waals surface area contributed by atoms with E-state index in [1.54, 1.807) is 52.8 Å². The minimum atomic E-state index is -4.62. The minimum absolute atomic E-state index is 0.0266. The van der Waals surface area contributed by atoms with Gasteiger partial charge in [-0.15, -0.1) is 0 Å². The summed E-state index contributed by atoms with van der Waals surface area (Å²) in [6.45, 7) is 11.4. The van der Waals surface area contributed by atoms with Crippen molar-refractivity contribution in [2.45, 2.75) is 104 Å². The Balaban J connectivity index is 1.97. The summed E-state index contributed by atoms with van der Waals surface area (Å²) >= 11 is 0. The predicted molar refractivity (Wildman–Crippen MR) is 174 cm³/mol. The van der Waals surface area contributed by atoms with Crippen molar-refractivity contribution in [2.24, 2.45) is 5.92 Å². The molecule has 16 nitrogen and oxygen atoms in total. The highest BCUT2D eigenvalue weighted by Crippen LogP contribution is 2.49. The number of nitrogens with one attached hydrogen (secondary N) is 2. The van der Waals surface area contributed by atoms with Gasteiger partial charge in [-0.3, -0.25) is 13.9 Å². The van der Waals surface area contributed by atoms with Gasteiger partial charge in [0.2, 0.25) is 6.23 Å². The molecule has 1 aromatic heterocycles. The van der Waals surface area contributed by atoms with Gasteiger partial charge in [-0.25, -0.2) is 18.9 Å². The molecule has 19 heteroatoms. The van der Waals surface area contributed by atoms with E-state index in [-0.39, 0.29) is 11.6 Å². The monoisotopic (exact) mass is 731 g/mol. The Labute approximate surface area is 287 Å². The molecule has 0 bridgehead atoms. The Morgan fingerprint density at radius 2 is 1.72 bits per heavy atom. The maximum absolute atomic E-state index is 16.2. The largest absolute Gasteiger partial charge is 0.462 e.